The molecule has 1 aliphatic heterocycles. The Balaban J connectivity index is 1.96. The van der Waals surface area contributed by atoms with Gasteiger partial charge in [0.2, 0.25) is 5.91 Å². The lowest BCUT2D eigenvalue weighted by Crippen LogP contribution is -2.48. The highest BCUT2D eigenvalue weighted by Gasteiger charge is 2.31. The summed E-state index contributed by atoms with van der Waals surface area (Å²) in [6, 6.07) is 0.935. The molecular weight excluding hydrogens is 298 g/mol. The maximum absolute atomic E-state index is 12.2. The molecule has 7 heteroatoms. The molecule has 1 aliphatic rings. The number of rotatable bonds is 6. The van der Waals surface area contributed by atoms with Gasteiger partial charge in [0.1, 0.15) is 6.04 Å². The Morgan fingerprint density at radius 3 is 2.78 bits per heavy atom. The van der Waals surface area contributed by atoms with E-state index in [1.54, 1.807) is 4.68 Å². The number of nitrogens with one attached hydrogen (secondary N) is 1. The van der Waals surface area contributed by atoms with Crippen LogP contribution in [0.25, 0.3) is 0 Å². The maximum Gasteiger partial charge on any atom is 0.326 e. The molecule has 2 heterocycles. The molecule has 1 saturated heterocycles. The highest BCUT2D eigenvalue weighted by atomic mass is 16.5. The van der Waals surface area contributed by atoms with Crippen molar-refractivity contribution in [2.75, 3.05) is 13.2 Å². The maximum atomic E-state index is 12.2. The molecule has 0 radical (unpaired) electrons. The molecule has 3 atom stereocenters. The molecule has 0 bridgehead atoms. The number of amides is 1. The average molecular weight is 323 g/mol. The van der Waals surface area contributed by atoms with Gasteiger partial charge in [-0.1, -0.05) is 0 Å². The molecule has 23 heavy (non-hydrogen) atoms. The first-order valence-electron chi connectivity index (χ1n) is 8.01. The van der Waals surface area contributed by atoms with Gasteiger partial charge in [-0.05, 0) is 39.7 Å². The van der Waals surface area contributed by atoms with Gasteiger partial charge in [0.15, 0.2) is 0 Å². The number of aliphatic carboxylic acids is 1. The number of carboxylic acid groups (broad SMARTS) is 1. The largest absolute Gasteiger partial charge is 0.480 e. The normalized spacial score (nSPS) is 20.7. The number of carbonyl (C=O) groups is 2. The van der Waals surface area contributed by atoms with Gasteiger partial charge in [-0.3, -0.25) is 9.48 Å². The number of ether oxygens (including phenoxy) is 1. The molecule has 7 nitrogen and oxygen atoms in total. The fourth-order valence-electron chi connectivity index (χ4n) is 3.09. The van der Waals surface area contributed by atoms with E-state index in [1.165, 1.54) is 0 Å². The van der Waals surface area contributed by atoms with Crippen molar-refractivity contribution in [1.82, 2.24) is 15.1 Å². The van der Waals surface area contributed by atoms with E-state index in [-0.39, 0.29) is 24.3 Å². The zero-order chi connectivity index (χ0) is 17.0. The summed E-state index contributed by atoms with van der Waals surface area (Å²) >= 11 is 0. The Hall–Kier alpha value is -1.89. The van der Waals surface area contributed by atoms with Crippen LogP contribution in [0, 0.1) is 19.8 Å². The van der Waals surface area contributed by atoms with Crippen LogP contribution in [-0.2, 0) is 14.3 Å². The number of aromatic nitrogens is 2. The molecule has 3 unspecified atom stereocenters. The summed E-state index contributed by atoms with van der Waals surface area (Å²) in [4.78, 5) is 23.7. The Morgan fingerprint density at radius 2 is 2.26 bits per heavy atom. The lowest BCUT2D eigenvalue weighted by atomic mass is 9.93. The lowest BCUT2D eigenvalue weighted by molar-refractivity contribution is -0.145. The predicted octanol–water partition coefficient (Wildman–Crippen LogP) is 1.45. The van der Waals surface area contributed by atoms with Crippen LogP contribution in [0.4, 0.5) is 0 Å². The number of hydrogen-bond donors (Lipinski definition) is 2. The summed E-state index contributed by atoms with van der Waals surface area (Å²) < 4.78 is 7.13. The van der Waals surface area contributed by atoms with Gasteiger partial charge in [-0.25, -0.2) is 4.79 Å². The van der Waals surface area contributed by atoms with Gasteiger partial charge in [-0.2, -0.15) is 5.10 Å². The third-order valence-corrected chi connectivity index (χ3v) is 4.19. The quantitative estimate of drug-likeness (QED) is 0.826. The van der Waals surface area contributed by atoms with Crippen LogP contribution in [-0.4, -0.2) is 46.0 Å². The summed E-state index contributed by atoms with van der Waals surface area (Å²) in [5.74, 6) is -1.45. The van der Waals surface area contributed by atoms with Gasteiger partial charge in [0.05, 0.1) is 18.3 Å². The minimum Gasteiger partial charge on any atom is -0.480 e. The molecule has 1 aromatic heterocycles. The van der Waals surface area contributed by atoms with Crippen molar-refractivity contribution in [2.24, 2.45) is 5.92 Å². The van der Waals surface area contributed by atoms with Crippen LogP contribution >= 0.6 is 0 Å². The van der Waals surface area contributed by atoms with Crippen LogP contribution < -0.4 is 5.32 Å². The minimum absolute atomic E-state index is 0.124. The van der Waals surface area contributed by atoms with E-state index in [2.05, 4.69) is 10.4 Å². The minimum atomic E-state index is -1.01. The van der Waals surface area contributed by atoms with E-state index in [0.29, 0.717) is 13.2 Å². The van der Waals surface area contributed by atoms with Crippen LogP contribution in [0.3, 0.4) is 0 Å². The van der Waals surface area contributed by atoms with Crippen molar-refractivity contribution in [3.8, 4) is 0 Å². The van der Waals surface area contributed by atoms with Gasteiger partial charge in [0, 0.05) is 24.6 Å². The molecule has 0 aliphatic carbocycles. The standard InChI is InChI=1S/C16H25N3O4/c1-10-7-11(2)19(18-10)12(3)8-14(20)17-15(16(21)22)13-5-4-6-23-9-13/h7,12-13,15H,4-6,8-9H2,1-3H3,(H,17,20)(H,21,22). The number of aryl methyl sites for hydroxylation is 2. The van der Waals surface area contributed by atoms with Gasteiger partial charge < -0.3 is 15.2 Å². The van der Waals surface area contributed by atoms with Crippen LogP contribution in [0.2, 0.25) is 0 Å². The van der Waals surface area contributed by atoms with Crippen molar-refractivity contribution < 1.29 is 19.4 Å². The summed E-state index contributed by atoms with van der Waals surface area (Å²) in [5, 5.41) is 16.4. The fraction of sp³-hybridized carbons (Fsp3) is 0.688. The monoisotopic (exact) mass is 323 g/mol. The van der Waals surface area contributed by atoms with Gasteiger partial charge >= 0.3 is 5.97 Å². The van der Waals surface area contributed by atoms with Crippen molar-refractivity contribution >= 4 is 11.9 Å². The average Bonchev–Trinajstić information content (AvgIpc) is 2.84. The van der Waals surface area contributed by atoms with Crippen molar-refractivity contribution in [3.63, 3.8) is 0 Å². The second kappa shape index (κ2) is 7.59. The third-order valence-electron chi connectivity index (χ3n) is 4.19. The van der Waals surface area contributed by atoms with E-state index in [4.69, 9.17) is 4.74 Å². The number of carbonyl (C=O) groups excluding carboxylic acids is 1. The molecule has 128 valence electrons. The molecule has 1 fully saturated rings. The molecule has 0 spiro atoms. The summed E-state index contributed by atoms with van der Waals surface area (Å²) in [7, 11) is 0. The first-order chi connectivity index (χ1) is 10.9. The highest BCUT2D eigenvalue weighted by molar-refractivity contribution is 5.84. The van der Waals surface area contributed by atoms with Crippen LogP contribution in [0.15, 0.2) is 6.07 Å². The second-order valence-electron chi connectivity index (χ2n) is 6.29. The first kappa shape index (κ1) is 17.5. The van der Waals surface area contributed by atoms with Crippen molar-refractivity contribution in [3.05, 3.63) is 17.5 Å². The molecule has 0 saturated carbocycles. The van der Waals surface area contributed by atoms with Gasteiger partial charge in [0.25, 0.3) is 0 Å². The Kier molecular flexibility index (Phi) is 5.76. The summed E-state index contributed by atoms with van der Waals surface area (Å²) in [6.45, 7) is 6.78. The van der Waals surface area contributed by atoms with E-state index < -0.39 is 12.0 Å². The highest BCUT2D eigenvalue weighted by Crippen LogP contribution is 2.19. The fourth-order valence-corrected chi connectivity index (χ4v) is 3.09. The zero-order valence-corrected chi connectivity index (χ0v) is 13.9. The lowest BCUT2D eigenvalue weighted by Gasteiger charge is -2.28. The summed E-state index contributed by atoms with van der Waals surface area (Å²) in [5.41, 5.74) is 1.88. The smallest absolute Gasteiger partial charge is 0.326 e. The molecule has 2 N–H and O–H groups in total. The van der Waals surface area contributed by atoms with E-state index in [9.17, 15) is 14.7 Å². The second-order valence-corrected chi connectivity index (χ2v) is 6.29. The predicted molar refractivity (Wildman–Crippen MR) is 84.1 cm³/mol. The van der Waals surface area contributed by atoms with Crippen LogP contribution in [0.5, 0.6) is 0 Å². The molecule has 2 rings (SSSR count). The number of carboxylic acids is 1. The number of nitrogens with zero attached hydrogens (tertiary/aromatic N) is 2. The number of hydrogen-bond acceptors (Lipinski definition) is 4. The molecule has 1 aromatic rings. The topological polar surface area (TPSA) is 93.5 Å². The summed E-state index contributed by atoms with van der Waals surface area (Å²) in [6.07, 6.45) is 1.77. The Bertz CT molecular complexity index is 564. The van der Waals surface area contributed by atoms with Crippen molar-refractivity contribution in [2.45, 2.75) is 52.1 Å². The van der Waals surface area contributed by atoms with E-state index in [0.717, 1.165) is 24.2 Å². The van der Waals surface area contributed by atoms with Crippen LogP contribution in [0.1, 0.15) is 43.6 Å². The van der Waals surface area contributed by atoms with E-state index >= 15 is 0 Å². The molecule has 1 amide bonds. The Morgan fingerprint density at radius 1 is 1.52 bits per heavy atom. The van der Waals surface area contributed by atoms with E-state index in [1.807, 2.05) is 26.8 Å². The zero-order valence-electron chi connectivity index (χ0n) is 13.9. The first-order valence-corrected chi connectivity index (χ1v) is 8.01. The Labute approximate surface area is 136 Å². The molecule has 0 aromatic carbocycles. The van der Waals surface area contributed by atoms with Crippen molar-refractivity contribution in [1.29, 1.82) is 0 Å². The third kappa shape index (κ3) is 4.54. The SMILES string of the molecule is Cc1cc(C)n(C(C)CC(=O)NC(C(=O)O)C2CCCOC2)n1. The van der Waals surface area contributed by atoms with Gasteiger partial charge in [-0.15, -0.1) is 0 Å². The molecular formula is C16H25N3O4.